The van der Waals surface area contributed by atoms with Crippen molar-refractivity contribution < 1.29 is 4.79 Å². The summed E-state index contributed by atoms with van der Waals surface area (Å²) in [5, 5.41) is 3.89. The molecule has 1 amide bonds. The maximum atomic E-state index is 11.9. The van der Waals surface area contributed by atoms with Crippen molar-refractivity contribution in [3.05, 3.63) is 6.33 Å². The van der Waals surface area contributed by atoms with Crippen LogP contribution in [0, 0.1) is 0 Å². The molecule has 0 radical (unpaired) electrons. The van der Waals surface area contributed by atoms with Gasteiger partial charge in [0.15, 0.2) is 0 Å². The predicted molar refractivity (Wildman–Crippen MR) is 69.7 cm³/mol. The SMILES string of the molecule is CSCCC(C)N(C)C(=O)Cn1cnc(N)n1. The lowest BCUT2D eigenvalue weighted by Gasteiger charge is -2.24. The van der Waals surface area contributed by atoms with Gasteiger partial charge in [-0.15, -0.1) is 5.10 Å². The molecule has 1 rings (SSSR count). The number of aromatic nitrogens is 3. The van der Waals surface area contributed by atoms with Crippen molar-refractivity contribution in [1.29, 1.82) is 0 Å². The Morgan fingerprint density at radius 1 is 1.71 bits per heavy atom. The number of nitrogens with two attached hydrogens (primary N) is 1. The molecule has 1 aromatic rings. The average molecular weight is 257 g/mol. The van der Waals surface area contributed by atoms with Crippen molar-refractivity contribution in [3.63, 3.8) is 0 Å². The number of hydrogen-bond donors (Lipinski definition) is 1. The third-order valence-corrected chi connectivity index (χ3v) is 3.29. The van der Waals surface area contributed by atoms with E-state index in [0.29, 0.717) is 0 Å². The Kier molecular flexibility index (Phi) is 5.27. The first-order valence-electron chi connectivity index (χ1n) is 5.44. The van der Waals surface area contributed by atoms with Gasteiger partial charge in [-0.05, 0) is 25.4 Å². The van der Waals surface area contributed by atoms with Crippen LogP contribution < -0.4 is 5.73 Å². The van der Waals surface area contributed by atoms with Crippen LogP contribution in [0.15, 0.2) is 6.33 Å². The van der Waals surface area contributed by atoms with Gasteiger partial charge < -0.3 is 10.6 Å². The van der Waals surface area contributed by atoms with Gasteiger partial charge in [-0.25, -0.2) is 9.67 Å². The molecule has 2 N–H and O–H groups in total. The molecule has 7 heteroatoms. The summed E-state index contributed by atoms with van der Waals surface area (Å²) in [6, 6.07) is 0.232. The van der Waals surface area contributed by atoms with Crippen molar-refractivity contribution >= 4 is 23.6 Å². The smallest absolute Gasteiger partial charge is 0.244 e. The van der Waals surface area contributed by atoms with Gasteiger partial charge in [0, 0.05) is 13.1 Å². The number of carbonyl (C=O) groups is 1. The zero-order valence-electron chi connectivity index (χ0n) is 10.5. The molecule has 0 aromatic carbocycles. The Morgan fingerprint density at radius 3 is 2.94 bits per heavy atom. The lowest BCUT2D eigenvalue weighted by molar-refractivity contribution is -0.132. The van der Waals surface area contributed by atoms with E-state index in [1.54, 1.807) is 16.7 Å². The van der Waals surface area contributed by atoms with E-state index in [-0.39, 0.29) is 24.4 Å². The van der Waals surface area contributed by atoms with Gasteiger partial charge in [0.1, 0.15) is 12.9 Å². The molecule has 6 nitrogen and oxygen atoms in total. The van der Waals surface area contributed by atoms with E-state index >= 15 is 0 Å². The molecule has 1 unspecified atom stereocenters. The fourth-order valence-electron chi connectivity index (χ4n) is 1.36. The second kappa shape index (κ2) is 6.48. The van der Waals surface area contributed by atoms with E-state index in [9.17, 15) is 4.79 Å². The summed E-state index contributed by atoms with van der Waals surface area (Å²) in [7, 11) is 1.81. The highest BCUT2D eigenvalue weighted by Gasteiger charge is 2.16. The zero-order chi connectivity index (χ0) is 12.8. The Morgan fingerprint density at radius 2 is 2.41 bits per heavy atom. The number of rotatable bonds is 6. The first-order chi connectivity index (χ1) is 8.04. The summed E-state index contributed by atoms with van der Waals surface area (Å²) in [6.45, 7) is 2.23. The van der Waals surface area contributed by atoms with Crippen LogP contribution >= 0.6 is 11.8 Å². The van der Waals surface area contributed by atoms with Gasteiger partial charge in [0.05, 0.1) is 0 Å². The first-order valence-corrected chi connectivity index (χ1v) is 6.83. The summed E-state index contributed by atoms with van der Waals surface area (Å²) in [6.07, 6.45) is 4.52. The van der Waals surface area contributed by atoms with E-state index in [1.807, 2.05) is 14.0 Å². The van der Waals surface area contributed by atoms with E-state index < -0.39 is 0 Å². The minimum atomic E-state index is 0.0171. The molecule has 0 fully saturated rings. The number of nitrogens with zero attached hydrogens (tertiary/aromatic N) is 4. The second-order valence-corrected chi connectivity index (χ2v) is 4.92. The molecule has 0 aliphatic rings. The molecule has 0 saturated carbocycles. The Labute approximate surface area is 106 Å². The molecule has 0 aliphatic heterocycles. The number of hydrogen-bond acceptors (Lipinski definition) is 5. The number of amides is 1. The minimum absolute atomic E-state index is 0.0171. The third kappa shape index (κ3) is 4.26. The van der Waals surface area contributed by atoms with Crippen LogP contribution in [0.5, 0.6) is 0 Å². The maximum Gasteiger partial charge on any atom is 0.244 e. The van der Waals surface area contributed by atoms with Crippen molar-refractivity contribution in [2.24, 2.45) is 0 Å². The molecule has 96 valence electrons. The molecule has 17 heavy (non-hydrogen) atoms. The Balaban J connectivity index is 2.46. The van der Waals surface area contributed by atoms with Crippen LogP contribution in [-0.2, 0) is 11.3 Å². The fourth-order valence-corrected chi connectivity index (χ4v) is 1.94. The van der Waals surface area contributed by atoms with E-state index in [1.165, 1.54) is 11.0 Å². The van der Waals surface area contributed by atoms with E-state index in [2.05, 4.69) is 16.3 Å². The molecule has 1 atom stereocenters. The highest BCUT2D eigenvalue weighted by atomic mass is 32.2. The van der Waals surface area contributed by atoms with Crippen molar-refractivity contribution in [2.45, 2.75) is 25.9 Å². The van der Waals surface area contributed by atoms with Crippen LogP contribution in [0.25, 0.3) is 0 Å². The zero-order valence-corrected chi connectivity index (χ0v) is 11.3. The van der Waals surface area contributed by atoms with Gasteiger partial charge in [0.2, 0.25) is 11.9 Å². The van der Waals surface area contributed by atoms with Crippen LogP contribution in [0.1, 0.15) is 13.3 Å². The molecule has 0 spiro atoms. The van der Waals surface area contributed by atoms with Gasteiger partial charge in [-0.3, -0.25) is 4.79 Å². The summed E-state index contributed by atoms with van der Waals surface area (Å²) in [5.74, 6) is 1.26. The van der Waals surface area contributed by atoms with Crippen LogP contribution in [0.3, 0.4) is 0 Å². The molecular formula is C10H19N5OS. The molecule has 0 bridgehead atoms. The summed E-state index contributed by atoms with van der Waals surface area (Å²) < 4.78 is 1.45. The second-order valence-electron chi connectivity index (χ2n) is 3.94. The quantitative estimate of drug-likeness (QED) is 0.801. The van der Waals surface area contributed by atoms with Crippen LogP contribution in [0.4, 0.5) is 5.95 Å². The molecule has 0 aliphatic carbocycles. The molecule has 0 saturated heterocycles. The van der Waals surface area contributed by atoms with Gasteiger partial charge in [-0.2, -0.15) is 11.8 Å². The van der Waals surface area contributed by atoms with Crippen LogP contribution in [0.2, 0.25) is 0 Å². The van der Waals surface area contributed by atoms with E-state index in [0.717, 1.165) is 12.2 Å². The molecule has 1 heterocycles. The monoisotopic (exact) mass is 257 g/mol. The van der Waals surface area contributed by atoms with Crippen molar-refractivity contribution in [1.82, 2.24) is 19.7 Å². The molecular weight excluding hydrogens is 238 g/mol. The average Bonchev–Trinajstić information content (AvgIpc) is 2.70. The Bertz CT molecular complexity index is 367. The highest BCUT2D eigenvalue weighted by molar-refractivity contribution is 7.98. The number of carbonyl (C=O) groups excluding carboxylic acids is 1. The van der Waals surface area contributed by atoms with Crippen LogP contribution in [-0.4, -0.2) is 50.7 Å². The fraction of sp³-hybridized carbons (Fsp3) is 0.700. The minimum Gasteiger partial charge on any atom is -0.367 e. The van der Waals surface area contributed by atoms with Gasteiger partial charge >= 0.3 is 0 Å². The van der Waals surface area contributed by atoms with Crippen molar-refractivity contribution in [2.75, 3.05) is 24.8 Å². The third-order valence-electron chi connectivity index (χ3n) is 2.65. The van der Waals surface area contributed by atoms with Gasteiger partial charge in [-0.1, -0.05) is 0 Å². The highest BCUT2D eigenvalue weighted by Crippen LogP contribution is 2.06. The molecule has 1 aromatic heterocycles. The standard InChI is InChI=1S/C10H19N5OS/c1-8(4-5-17-3)14(2)9(16)6-15-7-12-10(11)13-15/h7-8H,4-6H2,1-3H3,(H2,11,13). The predicted octanol–water partition coefficient (Wildman–Crippen LogP) is 0.460. The lowest BCUT2D eigenvalue weighted by atomic mass is 10.2. The number of anilines is 1. The normalized spacial score (nSPS) is 12.4. The topological polar surface area (TPSA) is 77.0 Å². The number of thioether (sulfide) groups is 1. The van der Waals surface area contributed by atoms with E-state index in [4.69, 9.17) is 5.73 Å². The maximum absolute atomic E-state index is 11.9. The largest absolute Gasteiger partial charge is 0.367 e. The number of likely N-dealkylation sites (N-methyl/N-ethyl adjacent to an activating group) is 1. The summed E-state index contributed by atoms with van der Waals surface area (Å²) >= 11 is 1.78. The van der Waals surface area contributed by atoms with Crippen molar-refractivity contribution in [3.8, 4) is 0 Å². The summed E-state index contributed by atoms with van der Waals surface area (Å²) in [4.78, 5) is 17.4. The number of nitrogen functional groups attached to an aromatic ring is 1. The lowest BCUT2D eigenvalue weighted by Crippen LogP contribution is -2.37. The van der Waals surface area contributed by atoms with Gasteiger partial charge in [0.25, 0.3) is 0 Å². The Hall–Kier alpha value is -1.24. The first kappa shape index (κ1) is 13.8. The summed E-state index contributed by atoms with van der Waals surface area (Å²) in [5.41, 5.74) is 5.39.